The van der Waals surface area contributed by atoms with Gasteiger partial charge in [0, 0.05) is 33.0 Å². The van der Waals surface area contributed by atoms with Crippen LogP contribution < -0.4 is 4.90 Å². The molecule has 0 bridgehead atoms. The fourth-order valence-electron chi connectivity index (χ4n) is 8.36. The lowest BCUT2D eigenvalue weighted by Gasteiger charge is -2.30. The first-order valence-electron chi connectivity index (χ1n) is 18.2. The fourth-order valence-corrected chi connectivity index (χ4v) is 8.36. The second-order valence-electron chi connectivity index (χ2n) is 13.8. The summed E-state index contributed by atoms with van der Waals surface area (Å²) >= 11 is 0. The Balaban J connectivity index is 1.25. The van der Waals surface area contributed by atoms with Crippen LogP contribution in [0.4, 0.5) is 17.1 Å². The number of rotatable bonds is 6. The van der Waals surface area contributed by atoms with Crippen molar-refractivity contribution in [2.75, 3.05) is 4.90 Å². The van der Waals surface area contributed by atoms with Crippen LogP contribution in [0.2, 0.25) is 0 Å². The summed E-state index contributed by atoms with van der Waals surface area (Å²) in [4.78, 5) is 2.42. The topological polar surface area (TPSA) is 21.3 Å². The van der Waals surface area contributed by atoms with Crippen molar-refractivity contribution in [3.8, 4) is 27.9 Å². The number of aromatic nitrogens is 1. The van der Waals surface area contributed by atoms with Gasteiger partial charge >= 0.3 is 0 Å². The van der Waals surface area contributed by atoms with E-state index in [4.69, 9.17) is 4.42 Å². The Bertz CT molecular complexity index is 2890. The van der Waals surface area contributed by atoms with Gasteiger partial charge in [-0.25, -0.2) is 0 Å². The maximum Gasteiger partial charge on any atom is 0.145 e. The van der Waals surface area contributed by atoms with Crippen molar-refractivity contribution < 1.29 is 4.42 Å². The largest absolute Gasteiger partial charge is 0.455 e. The van der Waals surface area contributed by atoms with Gasteiger partial charge in [0.25, 0.3) is 0 Å². The number of hydrogen-bond donors (Lipinski definition) is 0. The molecule has 0 saturated carbocycles. The molecule has 0 radical (unpaired) electrons. The third-order valence-corrected chi connectivity index (χ3v) is 10.6. The number of hydrogen-bond acceptors (Lipinski definition) is 2. The minimum Gasteiger partial charge on any atom is -0.455 e. The van der Waals surface area contributed by atoms with E-state index in [1.54, 1.807) is 0 Å². The second kappa shape index (κ2) is 12.4. The van der Waals surface area contributed by atoms with Gasteiger partial charge in [0.1, 0.15) is 11.2 Å². The van der Waals surface area contributed by atoms with Crippen molar-refractivity contribution in [2.24, 2.45) is 0 Å². The van der Waals surface area contributed by atoms with Gasteiger partial charge in [-0.1, -0.05) is 121 Å². The van der Waals surface area contributed by atoms with Gasteiger partial charge in [0.15, 0.2) is 0 Å². The zero-order chi connectivity index (χ0) is 35.5. The third kappa shape index (κ3) is 4.97. The SMILES string of the molecule is Cc1cc(-c2ccccc2)cc(C)c1N(c1ccccc1)c1ccc(-c2ccccc2-n2c3ccccc3c3ccccc32)c2oc3ccccc3c12. The van der Waals surface area contributed by atoms with Crippen LogP contribution in [0.15, 0.2) is 186 Å². The van der Waals surface area contributed by atoms with Crippen molar-refractivity contribution in [3.63, 3.8) is 0 Å². The first kappa shape index (κ1) is 30.9. The number of benzene rings is 8. The monoisotopic (exact) mass is 680 g/mol. The minimum atomic E-state index is 0.867. The number of para-hydroxylation sites is 5. The molecular weight excluding hydrogens is 645 g/mol. The standard InChI is InChI=1S/C50H36N2O/c1-33-31-36(35-17-5-3-6-18-35)32-34(2)49(33)51(37-19-7-4-8-20-37)46-30-29-41(50-48(46)42-24-12-16-28-47(42)53-50)40-23-11-15-27-45(40)52-43-25-13-9-21-38(43)39-22-10-14-26-44(39)52/h3-32H,1-2H3. The highest BCUT2D eigenvalue weighted by molar-refractivity contribution is 6.18. The molecule has 0 aliphatic carbocycles. The summed E-state index contributed by atoms with van der Waals surface area (Å²) in [6.07, 6.45) is 0. The predicted molar refractivity (Wildman–Crippen MR) is 223 cm³/mol. The lowest BCUT2D eigenvalue weighted by molar-refractivity contribution is 0.670. The Morgan fingerprint density at radius 1 is 0.472 bits per heavy atom. The van der Waals surface area contributed by atoms with Gasteiger partial charge in [-0.2, -0.15) is 0 Å². The molecule has 10 rings (SSSR count). The number of fused-ring (bicyclic) bond motifs is 6. The van der Waals surface area contributed by atoms with E-state index in [2.05, 4.69) is 205 Å². The molecule has 0 unspecified atom stereocenters. The molecule has 2 aromatic heterocycles. The highest BCUT2D eigenvalue weighted by Gasteiger charge is 2.25. The average molecular weight is 681 g/mol. The Kier molecular flexibility index (Phi) is 7.26. The van der Waals surface area contributed by atoms with Crippen molar-refractivity contribution in [3.05, 3.63) is 193 Å². The highest BCUT2D eigenvalue weighted by atomic mass is 16.3. The van der Waals surface area contributed by atoms with E-state index < -0.39 is 0 Å². The van der Waals surface area contributed by atoms with E-state index >= 15 is 0 Å². The Hall–Kier alpha value is -6.84. The maximum atomic E-state index is 6.95. The molecule has 0 atom stereocenters. The second-order valence-corrected chi connectivity index (χ2v) is 13.8. The molecule has 0 amide bonds. The van der Waals surface area contributed by atoms with Crippen molar-refractivity contribution in [2.45, 2.75) is 13.8 Å². The van der Waals surface area contributed by atoms with Crippen LogP contribution >= 0.6 is 0 Å². The number of anilines is 3. The van der Waals surface area contributed by atoms with Gasteiger partial charge in [0.05, 0.1) is 33.5 Å². The molecule has 3 nitrogen and oxygen atoms in total. The van der Waals surface area contributed by atoms with E-state index in [1.807, 2.05) is 0 Å². The van der Waals surface area contributed by atoms with Crippen molar-refractivity contribution >= 4 is 60.8 Å². The molecule has 53 heavy (non-hydrogen) atoms. The Morgan fingerprint density at radius 2 is 1.04 bits per heavy atom. The molecular formula is C50H36N2O. The lowest BCUT2D eigenvalue weighted by atomic mass is 9.95. The van der Waals surface area contributed by atoms with E-state index in [-0.39, 0.29) is 0 Å². The summed E-state index contributed by atoms with van der Waals surface area (Å²) in [7, 11) is 0. The van der Waals surface area contributed by atoms with Gasteiger partial charge in [-0.15, -0.1) is 0 Å². The molecule has 0 saturated heterocycles. The van der Waals surface area contributed by atoms with E-state index in [0.717, 1.165) is 50.1 Å². The van der Waals surface area contributed by atoms with Gasteiger partial charge < -0.3 is 13.9 Å². The predicted octanol–water partition coefficient (Wildman–Crippen LogP) is 14.1. The Morgan fingerprint density at radius 3 is 1.74 bits per heavy atom. The third-order valence-electron chi connectivity index (χ3n) is 10.6. The summed E-state index contributed by atoms with van der Waals surface area (Å²) in [5.74, 6) is 0. The molecule has 2 heterocycles. The molecule has 0 aliphatic rings. The van der Waals surface area contributed by atoms with Crippen LogP contribution in [0.1, 0.15) is 11.1 Å². The summed E-state index contributed by atoms with van der Waals surface area (Å²) in [6.45, 7) is 4.46. The number of furan rings is 1. The minimum absolute atomic E-state index is 0.867. The maximum absolute atomic E-state index is 6.95. The summed E-state index contributed by atoms with van der Waals surface area (Å²) in [5.41, 5.74) is 15.5. The smallest absolute Gasteiger partial charge is 0.145 e. The fraction of sp³-hybridized carbons (Fsp3) is 0.0400. The zero-order valence-corrected chi connectivity index (χ0v) is 29.6. The first-order valence-corrected chi connectivity index (χ1v) is 18.2. The summed E-state index contributed by atoms with van der Waals surface area (Å²) in [5, 5.41) is 4.66. The normalized spacial score (nSPS) is 11.6. The van der Waals surface area contributed by atoms with E-state index in [1.165, 1.54) is 49.7 Å². The Labute approximate surface area is 308 Å². The van der Waals surface area contributed by atoms with Crippen LogP contribution in [0.5, 0.6) is 0 Å². The lowest BCUT2D eigenvalue weighted by Crippen LogP contribution is -2.13. The van der Waals surface area contributed by atoms with Gasteiger partial charge in [-0.05, 0) is 96.8 Å². The molecule has 8 aromatic carbocycles. The molecule has 0 spiro atoms. The van der Waals surface area contributed by atoms with Crippen molar-refractivity contribution in [1.29, 1.82) is 0 Å². The van der Waals surface area contributed by atoms with Gasteiger partial charge in [0.2, 0.25) is 0 Å². The van der Waals surface area contributed by atoms with Crippen LogP contribution in [-0.2, 0) is 0 Å². The van der Waals surface area contributed by atoms with Crippen molar-refractivity contribution in [1.82, 2.24) is 4.57 Å². The van der Waals surface area contributed by atoms with Crippen LogP contribution in [0.25, 0.3) is 71.7 Å². The summed E-state index contributed by atoms with van der Waals surface area (Å²) < 4.78 is 9.35. The first-order chi connectivity index (χ1) is 26.2. The average Bonchev–Trinajstić information content (AvgIpc) is 3.76. The quantitative estimate of drug-likeness (QED) is 0.174. The molecule has 3 heteroatoms. The van der Waals surface area contributed by atoms with Crippen LogP contribution in [0.3, 0.4) is 0 Å². The zero-order valence-electron chi connectivity index (χ0n) is 29.6. The van der Waals surface area contributed by atoms with Gasteiger partial charge in [-0.3, -0.25) is 0 Å². The van der Waals surface area contributed by atoms with E-state index in [0.29, 0.717) is 0 Å². The summed E-state index contributed by atoms with van der Waals surface area (Å²) in [6, 6.07) is 65.1. The molecule has 10 aromatic rings. The number of aryl methyl sites for hydroxylation is 2. The van der Waals surface area contributed by atoms with E-state index in [9.17, 15) is 0 Å². The van der Waals surface area contributed by atoms with Crippen LogP contribution in [-0.4, -0.2) is 4.57 Å². The molecule has 0 N–H and O–H groups in total. The molecule has 0 aliphatic heterocycles. The number of nitrogens with zero attached hydrogens (tertiary/aromatic N) is 2. The highest BCUT2D eigenvalue weighted by Crippen LogP contribution is 2.49. The molecule has 252 valence electrons. The van der Waals surface area contributed by atoms with Crippen LogP contribution in [0, 0.1) is 13.8 Å². The molecule has 0 fully saturated rings.